The number of nitrogens with zero attached hydrogens (tertiary/aromatic N) is 1. The Morgan fingerprint density at radius 2 is 1.96 bits per heavy atom. The van der Waals surface area contributed by atoms with E-state index in [9.17, 15) is 19.7 Å². The van der Waals surface area contributed by atoms with Crippen molar-refractivity contribution in [2.24, 2.45) is 0 Å². The largest absolute Gasteiger partial charge is 0.450 e. The molecule has 1 aromatic carbocycles. The highest BCUT2D eigenvalue weighted by Gasteiger charge is 2.24. The molecule has 124 valence electrons. The third kappa shape index (κ3) is 3.21. The molecule has 0 radical (unpaired) electrons. The van der Waals surface area contributed by atoms with E-state index in [1.807, 2.05) is 12.1 Å². The van der Waals surface area contributed by atoms with Gasteiger partial charge >= 0.3 is 11.0 Å². The summed E-state index contributed by atoms with van der Waals surface area (Å²) in [5.74, 6) is -1.00. The van der Waals surface area contributed by atoms with E-state index in [0.717, 1.165) is 30.6 Å². The van der Waals surface area contributed by atoms with Crippen molar-refractivity contribution < 1.29 is 19.2 Å². The third-order valence-corrected chi connectivity index (χ3v) is 5.03. The number of fused-ring (bicyclic) bond motifs is 1. The van der Waals surface area contributed by atoms with E-state index in [0.29, 0.717) is 5.56 Å². The number of hydrogen-bond donors (Lipinski definition) is 0. The number of hydrogen-bond acceptors (Lipinski definition) is 6. The fraction of sp³-hybridized carbons (Fsp3) is 0.294. The van der Waals surface area contributed by atoms with Crippen molar-refractivity contribution in [1.82, 2.24) is 0 Å². The number of Topliss-reactive ketones (excluding diaryl/α,β-unsaturated/α-hetero) is 1. The van der Waals surface area contributed by atoms with Crippen LogP contribution in [0.1, 0.15) is 44.5 Å². The van der Waals surface area contributed by atoms with Gasteiger partial charge in [0.1, 0.15) is 4.88 Å². The smallest absolute Gasteiger partial charge is 0.349 e. The monoisotopic (exact) mass is 345 g/mol. The molecule has 1 atom stereocenters. The second-order valence-corrected chi connectivity index (χ2v) is 6.71. The third-order valence-electron chi connectivity index (χ3n) is 4.01. The number of thiophene rings is 1. The Morgan fingerprint density at radius 1 is 1.21 bits per heavy atom. The first-order valence-corrected chi connectivity index (χ1v) is 8.38. The van der Waals surface area contributed by atoms with Gasteiger partial charge in [-0.15, -0.1) is 0 Å². The molecule has 1 aliphatic carbocycles. The predicted octanol–water partition coefficient (Wildman–Crippen LogP) is 3.57. The van der Waals surface area contributed by atoms with E-state index in [4.69, 9.17) is 4.74 Å². The molecule has 0 spiro atoms. The second-order valence-electron chi connectivity index (χ2n) is 5.64. The minimum absolute atomic E-state index is 0.107. The molecule has 2 aromatic rings. The van der Waals surface area contributed by atoms with Gasteiger partial charge in [0.15, 0.2) is 6.10 Å². The molecule has 1 aromatic heterocycles. The molecule has 0 amide bonds. The maximum Gasteiger partial charge on any atom is 0.349 e. The molecule has 6 nitrogen and oxygen atoms in total. The highest BCUT2D eigenvalue weighted by molar-refractivity contribution is 7.17. The molecule has 3 rings (SSSR count). The van der Waals surface area contributed by atoms with Gasteiger partial charge in [-0.05, 0) is 49.4 Å². The Balaban J connectivity index is 1.69. The summed E-state index contributed by atoms with van der Waals surface area (Å²) in [6, 6.07) is 8.15. The normalized spacial score (nSPS) is 14.0. The average Bonchev–Trinajstić information content (AvgIpc) is 3.22. The summed E-state index contributed by atoms with van der Waals surface area (Å²) >= 11 is 0.730. The lowest BCUT2D eigenvalue weighted by atomic mass is 10.0. The summed E-state index contributed by atoms with van der Waals surface area (Å²) in [5, 5.41) is 10.5. The minimum Gasteiger partial charge on any atom is -0.450 e. The summed E-state index contributed by atoms with van der Waals surface area (Å²) in [5.41, 5.74) is 2.96. The molecular weight excluding hydrogens is 330 g/mol. The van der Waals surface area contributed by atoms with E-state index in [1.54, 1.807) is 6.07 Å². The van der Waals surface area contributed by atoms with Gasteiger partial charge in [0.05, 0.1) is 4.92 Å². The fourth-order valence-corrected chi connectivity index (χ4v) is 3.47. The van der Waals surface area contributed by atoms with Gasteiger partial charge in [0.25, 0.3) is 0 Å². The maximum absolute atomic E-state index is 12.4. The Hall–Kier alpha value is -2.54. The maximum atomic E-state index is 12.4. The van der Waals surface area contributed by atoms with Crippen molar-refractivity contribution in [1.29, 1.82) is 0 Å². The van der Waals surface area contributed by atoms with E-state index < -0.39 is 17.0 Å². The Labute approximate surface area is 142 Å². The summed E-state index contributed by atoms with van der Waals surface area (Å²) in [6.07, 6.45) is 2.14. The van der Waals surface area contributed by atoms with Crippen molar-refractivity contribution in [2.75, 3.05) is 0 Å². The van der Waals surface area contributed by atoms with E-state index >= 15 is 0 Å². The minimum atomic E-state index is -0.946. The van der Waals surface area contributed by atoms with Crippen LogP contribution < -0.4 is 0 Å². The van der Waals surface area contributed by atoms with Crippen LogP contribution in [0, 0.1) is 10.1 Å². The van der Waals surface area contributed by atoms with Gasteiger partial charge < -0.3 is 4.74 Å². The van der Waals surface area contributed by atoms with Crippen molar-refractivity contribution in [3.8, 4) is 0 Å². The van der Waals surface area contributed by atoms with Crippen LogP contribution in [-0.4, -0.2) is 22.8 Å². The van der Waals surface area contributed by atoms with Crippen LogP contribution in [0.3, 0.4) is 0 Å². The molecule has 0 fully saturated rings. The lowest BCUT2D eigenvalue weighted by Gasteiger charge is -2.12. The zero-order chi connectivity index (χ0) is 17.3. The number of aryl methyl sites for hydroxylation is 2. The van der Waals surface area contributed by atoms with Crippen LogP contribution in [0.5, 0.6) is 0 Å². The predicted molar refractivity (Wildman–Crippen MR) is 88.6 cm³/mol. The van der Waals surface area contributed by atoms with Gasteiger partial charge in [0.2, 0.25) is 5.78 Å². The Bertz CT molecular complexity index is 826. The lowest BCUT2D eigenvalue weighted by molar-refractivity contribution is -0.380. The summed E-state index contributed by atoms with van der Waals surface area (Å²) < 4.78 is 5.16. The summed E-state index contributed by atoms with van der Waals surface area (Å²) in [4.78, 5) is 34.7. The number of esters is 1. The molecule has 0 saturated heterocycles. The first kappa shape index (κ1) is 16.3. The fourth-order valence-electron chi connectivity index (χ4n) is 2.77. The molecule has 1 unspecified atom stereocenters. The second kappa shape index (κ2) is 6.52. The van der Waals surface area contributed by atoms with Crippen molar-refractivity contribution in [3.63, 3.8) is 0 Å². The van der Waals surface area contributed by atoms with Gasteiger partial charge in [-0.25, -0.2) is 4.79 Å². The highest BCUT2D eigenvalue weighted by Crippen LogP contribution is 2.26. The SMILES string of the molecule is CC(OC(=O)c1ccc([N+](=O)[O-])s1)C(=O)c1ccc2c(c1)CCC2. The molecule has 1 heterocycles. The molecule has 0 bridgehead atoms. The van der Waals surface area contributed by atoms with E-state index in [2.05, 4.69) is 0 Å². The summed E-state index contributed by atoms with van der Waals surface area (Å²) in [7, 11) is 0. The number of rotatable bonds is 5. The van der Waals surface area contributed by atoms with Gasteiger partial charge in [-0.1, -0.05) is 23.5 Å². The quantitative estimate of drug-likeness (QED) is 0.358. The average molecular weight is 345 g/mol. The highest BCUT2D eigenvalue weighted by atomic mass is 32.1. The van der Waals surface area contributed by atoms with Crippen molar-refractivity contribution >= 4 is 28.1 Å². The first-order valence-electron chi connectivity index (χ1n) is 7.57. The van der Waals surface area contributed by atoms with Crippen LogP contribution in [0.15, 0.2) is 30.3 Å². The van der Waals surface area contributed by atoms with Gasteiger partial charge in [-0.3, -0.25) is 14.9 Å². The topological polar surface area (TPSA) is 86.5 Å². The Morgan fingerprint density at radius 3 is 2.67 bits per heavy atom. The van der Waals surface area contributed by atoms with Crippen molar-refractivity contribution in [2.45, 2.75) is 32.3 Å². The Kier molecular flexibility index (Phi) is 4.44. The molecular formula is C17H15NO5S. The molecule has 0 aliphatic heterocycles. The number of benzene rings is 1. The lowest BCUT2D eigenvalue weighted by Crippen LogP contribution is -2.24. The van der Waals surface area contributed by atoms with E-state index in [1.165, 1.54) is 30.2 Å². The van der Waals surface area contributed by atoms with Crippen LogP contribution in [-0.2, 0) is 17.6 Å². The molecule has 0 N–H and O–H groups in total. The number of ketones is 1. The van der Waals surface area contributed by atoms with Crippen LogP contribution >= 0.6 is 11.3 Å². The van der Waals surface area contributed by atoms with E-state index in [-0.39, 0.29) is 15.7 Å². The molecule has 1 aliphatic rings. The van der Waals surface area contributed by atoms with Crippen LogP contribution in [0.2, 0.25) is 0 Å². The van der Waals surface area contributed by atoms with Gasteiger partial charge in [-0.2, -0.15) is 0 Å². The summed E-state index contributed by atoms with van der Waals surface area (Å²) in [6.45, 7) is 1.51. The standard InChI is InChI=1S/C17H15NO5S/c1-10(23-17(20)14-7-8-15(24-14)18(21)22)16(19)13-6-5-11-3-2-4-12(11)9-13/h5-10H,2-4H2,1H3. The number of carbonyl (C=O) groups is 2. The number of nitro groups is 1. The number of ether oxygens (including phenoxy) is 1. The van der Waals surface area contributed by atoms with Gasteiger partial charge in [0, 0.05) is 11.6 Å². The first-order chi connectivity index (χ1) is 11.5. The molecule has 0 saturated carbocycles. The van der Waals surface area contributed by atoms with Crippen LogP contribution in [0.25, 0.3) is 0 Å². The van der Waals surface area contributed by atoms with Crippen molar-refractivity contribution in [3.05, 3.63) is 62.0 Å². The van der Waals surface area contributed by atoms with Crippen LogP contribution in [0.4, 0.5) is 5.00 Å². The zero-order valence-corrected chi connectivity index (χ0v) is 13.8. The molecule has 24 heavy (non-hydrogen) atoms. The molecule has 7 heteroatoms. The zero-order valence-electron chi connectivity index (χ0n) is 13.0. The number of carbonyl (C=O) groups excluding carboxylic acids is 2.